The van der Waals surface area contributed by atoms with E-state index >= 15 is 0 Å². The molecule has 0 aromatic carbocycles. The van der Waals surface area contributed by atoms with E-state index in [1.807, 2.05) is 0 Å². The standard InChI is InChI=1S/C14H24N4O7S2/c1-27-3-2-8(14(24)25)18-13(23)9(4-11(20)21)17-10(19)5-16-12(22)7(15)6-26/h7-9,26H,2-6,15H2,1H3,(H,16,22)(H,17,19)(H,18,23)(H,20,21)(H,24,25). The van der Waals surface area contributed by atoms with Crippen molar-refractivity contribution < 1.29 is 34.2 Å². The predicted octanol–water partition coefficient (Wildman–Crippen LogP) is -2.36. The summed E-state index contributed by atoms with van der Waals surface area (Å²) in [7, 11) is 0. The van der Waals surface area contributed by atoms with Crippen LogP contribution < -0.4 is 21.7 Å². The number of thioether (sulfide) groups is 1. The van der Waals surface area contributed by atoms with E-state index in [0.717, 1.165) is 0 Å². The summed E-state index contributed by atoms with van der Waals surface area (Å²) in [5, 5.41) is 24.6. The number of carbonyl (C=O) groups excluding carboxylic acids is 3. The first kappa shape index (κ1) is 25.0. The number of hydrogen-bond acceptors (Lipinski definition) is 8. The number of carboxylic acid groups (broad SMARTS) is 2. The van der Waals surface area contributed by atoms with E-state index in [-0.39, 0.29) is 12.2 Å². The third-order valence-corrected chi connectivity index (χ3v) is 4.25. The van der Waals surface area contributed by atoms with Crippen LogP contribution in [0, 0.1) is 0 Å². The first-order valence-electron chi connectivity index (χ1n) is 7.79. The van der Waals surface area contributed by atoms with Gasteiger partial charge in [0.05, 0.1) is 19.0 Å². The van der Waals surface area contributed by atoms with Gasteiger partial charge in [0, 0.05) is 5.75 Å². The molecule has 0 fully saturated rings. The van der Waals surface area contributed by atoms with Crippen LogP contribution in [0.2, 0.25) is 0 Å². The Kier molecular flexibility index (Phi) is 12.2. The quantitative estimate of drug-likeness (QED) is 0.159. The number of rotatable bonds is 13. The molecule has 11 nitrogen and oxygen atoms in total. The molecule has 0 aliphatic heterocycles. The highest BCUT2D eigenvalue weighted by Crippen LogP contribution is 2.03. The first-order valence-corrected chi connectivity index (χ1v) is 9.82. The van der Waals surface area contributed by atoms with Crippen molar-refractivity contribution in [3.05, 3.63) is 0 Å². The van der Waals surface area contributed by atoms with Gasteiger partial charge in [0.15, 0.2) is 0 Å². The van der Waals surface area contributed by atoms with Crippen LogP contribution in [0.4, 0.5) is 0 Å². The van der Waals surface area contributed by atoms with Crippen LogP contribution >= 0.6 is 24.4 Å². The molecule has 154 valence electrons. The number of aliphatic carboxylic acids is 2. The van der Waals surface area contributed by atoms with Crippen LogP contribution in [0.3, 0.4) is 0 Å². The Hall–Kier alpha value is -1.99. The summed E-state index contributed by atoms with van der Waals surface area (Å²) in [4.78, 5) is 57.7. The summed E-state index contributed by atoms with van der Waals surface area (Å²) < 4.78 is 0. The van der Waals surface area contributed by atoms with Crippen molar-refractivity contribution in [1.82, 2.24) is 16.0 Å². The highest BCUT2D eigenvalue weighted by molar-refractivity contribution is 7.98. The molecule has 3 atom stereocenters. The molecule has 0 aliphatic rings. The summed E-state index contributed by atoms with van der Waals surface area (Å²) in [6, 6.07) is -3.64. The molecule has 0 aromatic rings. The molecule has 0 heterocycles. The van der Waals surface area contributed by atoms with Crippen LogP contribution in [0.5, 0.6) is 0 Å². The van der Waals surface area contributed by atoms with Crippen LogP contribution in [-0.4, -0.2) is 82.3 Å². The molecule has 0 radical (unpaired) electrons. The van der Waals surface area contributed by atoms with Crippen molar-refractivity contribution in [3.8, 4) is 0 Å². The minimum absolute atomic E-state index is 0.0596. The molecule has 3 unspecified atom stereocenters. The van der Waals surface area contributed by atoms with Crippen LogP contribution in [0.1, 0.15) is 12.8 Å². The molecule has 0 spiro atoms. The molecule has 0 aliphatic carbocycles. The van der Waals surface area contributed by atoms with E-state index < -0.39 is 60.8 Å². The second-order valence-electron chi connectivity index (χ2n) is 5.41. The van der Waals surface area contributed by atoms with Gasteiger partial charge in [-0.2, -0.15) is 24.4 Å². The minimum atomic E-state index is -1.50. The minimum Gasteiger partial charge on any atom is -0.481 e. The second-order valence-corrected chi connectivity index (χ2v) is 6.76. The normalized spacial score (nSPS) is 13.7. The summed E-state index contributed by atoms with van der Waals surface area (Å²) >= 11 is 5.22. The van der Waals surface area contributed by atoms with Crippen LogP contribution in [-0.2, 0) is 24.0 Å². The zero-order chi connectivity index (χ0) is 21.0. The summed E-state index contributed by atoms with van der Waals surface area (Å²) in [6.45, 7) is -0.529. The average molecular weight is 425 g/mol. The van der Waals surface area contributed by atoms with Crippen molar-refractivity contribution in [2.75, 3.05) is 24.3 Å². The van der Waals surface area contributed by atoms with Gasteiger partial charge in [-0.25, -0.2) is 4.79 Å². The topological polar surface area (TPSA) is 188 Å². The van der Waals surface area contributed by atoms with Crippen molar-refractivity contribution in [2.45, 2.75) is 31.0 Å². The fraction of sp³-hybridized carbons (Fsp3) is 0.643. The SMILES string of the molecule is CSCCC(NC(=O)C(CC(=O)O)NC(=O)CNC(=O)C(N)CS)C(=O)O. The van der Waals surface area contributed by atoms with Gasteiger partial charge in [0.1, 0.15) is 12.1 Å². The number of thiol groups is 1. The van der Waals surface area contributed by atoms with Gasteiger partial charge < -0.3 is 31.9 Å². The zero-order valence-corrected chi connectivity index (χ0v) is 16.3. The van der Waals surface area contributed by atoms with E-state index in [1.165, 1.54) is 11.8 Å². The van der Waals surface area contributed by atoms with E-state index in [2.05, 4.69) is 28.6 Å². The fourth-order valence-corrected chi connectivity index (χ4v) is 2.41. The maximum Gasteiger partial charge on any atom is 0.326 e. The van der Waals surface area contributed by atoms with E-state index in [1.54, 1.807) is 6.26 Å². The zero-order valence-electron chi connectivity index (χ0n) is 14.6. The molecule has 13 heteroatoms. The predicted molar refractivity (Wildman–Crippen MR) is 102 cm³/mol. The number of nitrogens with one attached hydrogen (secondary N) is 3. The molecule has 3 amide bonds. The van der Waals surface area contributed by atoms with Crippen LogP contribution in [0.15, 0.2) is 0 Å². The van der Waals surface area contributed by atoms with Gasteiger partial charge >= 0.3 is 11.9 Å². The highest BCUT2D eigenvalue weighted by atomic mass is 32.2. The maximum absolute atomic E-state index is 12.2. The van der Waals surface area contributed by atoms with E-state index in [0.29, 0.717) is 5.75 Å². The smallest absolute Gasteiger partial charge is 0.326 e. The monoisotopic (exact) mass is 424 g/mol. The van der Waals surface area contributed by atoms with Gasteiger partial charge in [-0.3, -0.25) is 19.2 Å². The van der Waals surface area contributed by atoms with Crippen molar-refractivity contribution >= 4 is 54.1 Å². The Balaban J connectivity index is 4.87. The molecule has 0 rings (SSSR count). The molecule has 0 saturated heterocycles. The van der Waals surface area contributed by atoms with E-state index in [9.17, 15) is 24.0 Å². The number of amides is 3. The lowest BCUT2D eigenvalue weighted by molar-refractivity contribution is -0.143. The van der Waals surface area contributed by atoms with Crippen molar-refractivity contribution in [3.63, 3.8) is 0 Å². The average Bonchev–Trinajstić information content (AvgIpc) is 2.60. The first-order chi connectivity index (χ1) is 12.6. The number of carbonyl (C=O) groups is 5. The van der Waals surface area contributed by atoms with Crippen molar-refractivity contribution in [1.29, 1.82) is 0 Å². The van der Waals surface area contributed by atoms with Gasteiger partial charge in [0.25, 0.3) is 0 Å². The van der Waals surface area contributed by atoms with Gasteiger partial charge in [-0.15, -0.1) is 0 Å². The number of hydrogen-bond donors (Lipinski definition) is 7. The Morgan fingerprint density at radius 1 is 1.07 bits per heavy atom. The lowest BCUT2D eigenvalue weighted by Crippen LogP contribution is -2.54. The Morgan fingerprint density at radius 3 is 2.19 bits per heavy atom. The van der Waals surface area contributed by atoms with Crippen molar-refractivity contribution in [2.24, 2.45) is 5.73 Å². The lowest BCUT2D eigenvalue weighted by atomic mass is 10.1. The molecule has 0 saturated carbocycles. The number of nitrogens with two attached hydrogens (primary N) is 1. The second kappa shape index (κ2) is 13.2. The molecule has 7 N–H and O–H groups in total. The Morgan fingerprint density at radius 2 is 1.70 bits per heavy atom. The van der Waals surface area contributed by atoms with Gasteiger partial charge in [-0.05, 0) is 18.4 Å². The summed E-state index contributed by atoms with van der Waals surface area (Å²) in [6.07, 6.45) is 1.15. The Labute approximate surface area is 165 Å². The van der Waals surface area contributed by atoms with E-state index in [4.69, 9.17) is 15.9 Å². The molecule has 0 aromatic heterocycles. The summed E-state index contributed by atoms with van der Waals surface area (Å²) in [5.74, 6) is -4.53. The summed E-state index contributed by atoms with van der Waals surface area (Å²) in [5.41, 5.74) is 5.42. The fourth-order valence-electron chi connectivity index (χ4n) is 1.78. The number of carboxylic acids is 2. The molecule has 27 heavy (non-hydrogen) atoms. The third-order valence-electron chi connectivity index (χ3n) is 3.21. The lowest BCUT2D eigenvalue weighted by Gasteiger charge is -2.20. The molecular weight excluding hydrogens is 400 g/mol. The molecule has 0 bridgehead atoms. The van der Waals surface area contributed by atoms with Crippen LogP contribution in [0.25, 0.3) is 0 Å². The maximum atomic E-state index is 12.2. The van der Waals surface area contributed by atoms with Gasteiger partial charge in [-0.1, -0.05) is 0 Å². The molecular formula is C14H24N4O7S2. The Bertz CT molecular complexity index is 562. The largest absolute Gasteiger partial charge is 0.481 e. The third kappa shape index (κ3) is 10.7. The van der Waals surface area contributed by atoms with Gasteiger partial charge in [0.2, 0.25) is 17.7 Å². The highest BCUT2D eigenvalue weighted by Gasteiger charge is 2.28.